The standard InChI is InChI=1S/C15H13BrN2O2S/c16-15(14-10-11-6-4-5-9-13(11)17-14)18-21(19,20)12-7-2-1-3-8-12/h1-10,15,17-18H. The Hall–Kier alpha value is -1.63. The van der Waals surface area contributed by atoms with Gasteiger partial charge in [-0.15, -0.1) is 0 Å². The summed E-state index contributed by atoms with van der Waals surface area (Å²) in [5.74, 6) is 0. The van der Waals surface area contributed by atoms with Gasteiger partial charge in [-0.05, 0) is 29.7 Å². The quantitative estimate of drug-likeness (QED) is 0.549. The number of rotatable bonds is 4. The molecule has 6 heteroatoms. The van der Waals surface area contributed by atoms with Crippen molar-refractivity contribution in [2.45, 2.75) is 9.85 Å². The fourth-order valence-electron chi connectivity index (χ4n) is 2.10. The second-order valence-electron chi connectivity index (χ2n) is 4.61. The van der Waals surface area contributed by atoms with Crippen molar-refractivity contribution in [3.05, 3.63) is 66.4 Å². The lowest BCUT2D eigenvalue weighted by atomic mass is 10.2. The first-order chi connectivity index (χ1) is 10.1. The van der Waals surface area contributed by atoms with Crippen molar-refractivity contribution in [2.24, 2.45) is 0 Å². The Balaban J connectivity index is 1.87. The molecule has 1 atom stereocenters. The van der Waals surface area contributed by atoms with E-state index in [0.29, 0.717) is 0 Å². The maximum Gasteiger partial charge on any atom is 0.241 e. The predicted octanol–water partition coefficient (Wildman–Crippen LogP) is 3.54. The summed E-state index contributed by atoms with van der Waals surface area (Å²) in [6.45, 7) is 0. The highest BCUT2D eigenvalue weighted by molar-refractivity contribution is 9.09. The van der Waals surface area contributed by atoms with Crippen molar-refractivity contribution >= 4 is 36.9 Å². The van der Waals surface area contributed by atoms with Crippen LogP contribution in [0.5, 0.6) is 0 Å². The Kier molecular flexibility index (Phi) is 3.84. The Morgan fingerprint density at radius 2 is 1.67 bits per heavy atom. The molecule has 2 N–H and O–H groups in total. The molecule has 0 aliphatic heterocycles. The van der Waals surface area contributed by atoms with Crippen molar-refractivity contribution in [3.8, 4) is 0 Å². The number of hydrogen-bond acceptors (Lipinski definition) is 2. The maximum atomic E-state index is 12.3. The molecule has 0 aliphatic rings. The summed E-state index contributed by atoms with van der Waals surface area (Å²) in [6, 6.07) is 18.0. The lowest BCUT2D eigenvalue weighted by Gasteiger charge is -2.11. The van der Waals surface area contributed by atoms with Crippen LogP contribution in [-0.4, -0.2) is 13.4 Å². The van der Waals surface area contributed by atoms with Gasteiger partial charge in [0.25, 0.3) is 0 Å². The van der Waals surface area contributed by atoms with E-state index in [4.69, 9.17) is 0 Å². The Morgan fingerprint density at radius 1 is 1.00 bits per heavy atom. The third-order valence-electron chi connectivity index (χ3n) is 3.14. The van der Waals surface area contributed by atoms with E-state index < -0.39 is 15.0 Å². The molecule has 21 heavy (non-hydrogen) atoms. The van der Waals surface area contributed by atoms with Gasteiger partial charge in [-0.1, -0.05) is 52.3 Å². The highest BCUT2D eigenvalue weighted by Crippen LogP contribution is 2.25. The summed E-state index contributed by atoms with van der Waals surface area (Å²) in [4.78, 5) is 2.92. The Bertz CT molecular complexity index is 827. The van der Waals surface area contributed by atoms with Crippen LogP contribution in [0.2, 0.25) is 0 Å². The van der Waals surface area contributed by atoms with Crippen LogP contribution in [0.3, 0.4) is 0 Å². The monoisotopic (exact) mass is 364 g/mol. The van der Waals surface area contributed by atoms with Crippen molar-refractivity contribution in [1.82, 2.24) is 9.71 Å². The first kappa shape index (κ1) is 14.3. The molecule has 4 nitrogen and oxygen atoms in total. The maximum absolute atomic E-state index is 12.3. The van der Waals surface area contributed by atoms with Gasteiger partial charge in [-0.25, -0.2) is 8.42 Å². The second kappa shape index (κ2) is 5.63. The van der Waals surface area contributed by atoms with Crippen LogP contribution in [0.25, 0.3) is 10.9 Å². The normalized spacial score (nSPS) is 13.4. The van der Waals surface area contributed by atoms with Crippen LogP contribution < -0.4 is 4.72 Å². The Morgan fingerprint density at radius 3 is 2.38 bits per heavy atom. The number of sulfonamides is 1. The smallest absolute Gasteiger partial charge is 0.241 e. The van der Waals surface area contributed by atoms with E-state index in [1.165, 1.54) is 0 Å². The summed E-state index contributed by atoms with van der Waals surface area (Å²) < 4.78 is 27.2. The van der Waals surface area contributed by atoms with Crippen molar-refractivity contribution in [3.63, 3.8) is 0 Å². The number of alkyl halides is 1. The summed E-state index contributed by atoms with van der Waals surface area (Å²) in [6.07, 6.45) is 0. The van der Waals surface area contributed by atoms with E-state index in [1.54, 1.807) is 30.3 Å². The number of aromatic nitrogens is 1. The Labute approximate surface area is 131 Å². The molecule has 0 saturated carbocycles. The fourth-order valence-corrected chi connectivity index (χ4v) is 4.14. The zero-order valence-electron chi connectivity index (χ0n) is 11.0. The summed E-state index contributed by atoms with van der Waals surface area (Å²) in [7, 11) is -3.56. The van der Waals surface area contributed by atoms with Crippen LogP contribution >= 0.6 is 15.9 Å². The number of halogens is 1. The summed E-state index contributed by atoms with van der Waals surface area (Å²) in [5, 5.41) is 1.04. The van der Waals surface area contributed by atoms with E-state index in [-0.39, 0.29) is 4.90 Å². The van der Waals surface area contributed by atoms with Gasteiger partial charge in [0.05, 0.1) is 4.90 Å². The minimum Gasteiger partial charge on any atom is -0.356 e. The topological polar surface area (TPSA) is 62.0 Å². The molecule has 0 amide bonds. The molecule has 0 aliphatic carbocycles. The van der Waals surface area contributed by atoms with E-state index >= 15 is 0 Å². The van der Waals surface area contributed by atoms with Gasteiger partial charge < -0.3 is 4.98 Å². The molecule has 0 fully saturated rings. The third-order valence-corrected chi connectivity index (χ3v) is 5.60. The third kappa shape index (κ3) is 3.02. The van der Waals surface area contributed by atoms with Crippen LogP contribution in [0.1, 0.15) is 10.6 Å². The molecule has 1 unspecified atom stereocenters. The minimum absolute atomic E-state index is 0.241. The van der Waals surface area contributed by atoms with Crippen LogP contribution in [0.15, 0.2) is 65.6 Å². The molecule has 0 radical (unpaired) electrons. The first-order valence-corrected chi connectivity index (χ1v) is 8.75. The molecule has 1 heterocycles. The number of para-hydroxylation sites is 1. The molecular formula is C15H13BrN2O2S. The highest BCUT2D eigenvalue weighted by atomic mass is 79.9. The molecule has 3 rings (SSSR count). The average Bonchev–Trinajstić information content (AvgIpc) is 2.92. The molecule has 0 saturated heterocycles. The van der Waals surface area contributed by atoms with Gasteiger partial charge in [-0.2, -0.15) is 4.72 Å². The van der Waals surface area contributed by atoms with E-state index in [2.05, 4.69) is 25.6 Å². The minimum atomic E-state index is -3.56. The molecule has 2 aromatic carbocycles. The number of benzene rings is 2. The largest absolute Gasteiger partial charge is 0.356 e. The first-order valence-electron chi connectivity index (χ1n) is 6.35. The highest BCUT2D eigenvalue weighted by Gasteiger charge is 2.20. The van der Waals surface area contributed by atoms with Gasteiger partial charge in [0.1, 0.15) is 4.95 Å². The fraction of sp³-hybridized carbons (Fsp3) is 0.0667. The summed E-state index contributed by atoms with van der Waals surface area (Å²) in [5.41, 5.74) is 1.73. The van der Waals surface area contributed by atoms with E-state index in [0.717, 1.165) is 16.6 Å². The molecule has 0 spiro atoms. The molecule has 108 valence electrons. The van der Waals surface area contributed by atoms with Crippen molar-refractivity contribution < 1.29 is 8.42 Å². The SMILES string of the molecule is O=S(=O)(NC(Br)c1cc2ccccc2[nH]1)c1ccccc1. The lowest BCUT2D eigenvalue weighted by Crippen LogP contribution is -2.25. The zero-order chi connectivity index (χ0) is 14.9. The molecule has 1 aromatic heterocycles. The lowest BCUT2D eigenvalue weighted by molar-refractivity contribution is 0.580. The van der Waals surface area contributed by atoms with Crippen LogP contribution in [0.4, 0.5) is 0 Å². The zero-order valence-corrected chi connectivity index (χ0v) is 13.4. The molecule has 3 aromatic rings. The van der Waals surface area contributed by atoms with Crippen molar-refractivity contribution in [2.75, 3.05) is 0 Å². The molecule has 0 bridgehead atoms. The van der Waals surface area contributed by atoms with Gasteiger partial charge in [0, 0.05) is 11.2 Å². The average molecular weight is 365 g/mol. The van der Waals surface area contributed by atoms with E-state index in [1.807, 2.05) is 30.3 Å². The second-order valence-corrected chi connectivity index (χ2v) is 7.24. The predicted molar refractivity (Wildman–Crippen MR) is 86.7 cm³/mol. The van der Waals surface area contributed by atoms with E-state index in [9.17, 15) is 8.42 Å². The number of aromatic amines is 1. The van der Waals surface area contributed by atoms with Crippen LogP contribution in [0, 0.1) is 0 Å². The van der Waals surface area contributed by atoms with Gasteiger partial charge in [0.15, 0.2) is 0 Å². The van der Waals surface area contributed by atoms with Crippen molar-refractivity contribution in [1.29, 1.82) is 0 Å². The molecular weight excluding hydrogens is 352 g/mol. The van der Waals surface area contributed by atoms with Crippen LogP contribution in [-0.2, 0) is 10.0 Å². The number of nitrogens with one attached hydrogen (secondary N) is 2. The van der Waals surface area contributed by atoms with Gasteiger partial charge in [-0.3, -0.25) is 0 Å². The van der Waals surface area contributed by atoms with Gasteiger partial charge in [0.2, 0.25) is 10.0 Å². The number of fused-ring (bicyclic) bond motifs is 1. The number of H-pyrrole nitrogens is 1. The number of hydrogen-bond donors (Lipinski definition) is 2. The summed E-state index contributed by atoms with van der Waals surface area (Å²) >= 11 is 3.38. The van der Waals surface area contributed by atoms with Gasteiger partial charge >= 0.3 is 0 Å².